The van der Waals surface area contributed by atoms with Crippen molar-refractivity contribution in [3.63, 3.8) is 0 Å². The molecule has 6 heteroatoms. The highest BCUT2D eigenvalue weighted by Crippen LogP contribution is 2.15. The number of nitrogens with zero attached hydrogens (tertiary/aromatic N) is 4. The van der Waals surface area contributed by atoms with Crippen molar-refractivity contribution < 1.29 is 0 Å². The topological polar surface area (TPSA) is 57.8 Å². The summed E-state index contributed by atoms with van der Waals surface area (Å²) in [6.07, 6.45) is 1.77. The number of pyridine rings is 1. The molecule has 0 aromatic carbocycles. The molecule has 1 aromatic heterocycles. The predicted octanol–water partition coefficient (Wildman–Crippen LogP) is 1.14. The molecule has 1 heterocycles. The molecule has 1 aromatic rings. The molecule has 0 unspecified atom stereocenters. The Balaban J connectivity index is 0.00000256. The summed E-state index contributed by atoms with van der Waals surface area (Å²) < 4.78 is 0. The third-order valence-electron chi connectivity index (χ3n) is 2.20. The van der Waals surface area contributed by atoms with Crippen LogP contribution in [-0.2, 0) is 6.54 Å². The summed E-state index contributed by atoms with van der Waals surface area (Å²) in [7, 11) is 7.70. The zero-order valence-corrected chi connectivity index (χ0v) is 13.0. The third-order valence-corrected chi connectivity index (χ3v) is 2.20. The van der Waals surface area contributed by atoms with Gasteiger partial charge >= 0.3 is 0 Å². The first-order chi connectivity index (χ1) is 7.52. The van der Waals surface area contributed by atoms with Crippen molar-refractivity contribution in [3.8, 4) is 0 Å². The van der Waals surface area contributed by atoms with Gasteiger partial charge < -0.3 is 15.5 Å². The van der Waals surface area contributed by atoms with Crippen molar-refractivity contribution in [1.82, 2.24) is 9.88 Å². The van der Waals surface area contributed by atoms with Crippen LogP contribution in [0.5, 0.6) is 0 Å². The maximum absolute atomic E-state index is 5.73. The van der Waals surface area contributed by atoms with E-state index in [4.69, 9.17) is 5.73 Å². The summed E-state index contributed by atoms with van der Waals surface area (Å²) in [5.41, 5.74) is 7.72. The molecule has 0 fully saturated rings. The van der Waals surface area contributed by atoms with E-state index in [1.807, 2.05) is 45.2 Å². The Kier molecular flexibility index (Phi) is 6.86. The van der Waals surface area contributed by atoms with Crippen molar-refractivity contribution in [3.05, 3.63) is 24.0 Å². The van der Waals surface area contributed by atoms with E-state index in [0.29, 0.717) is 12.5 Å². The summed E-state index contributed by atoms with van der Waals surface area (Å²) in [6.45, 7) is 0.498. The molecular weight excluding hydrogens is 329 g/mol. The van der Waals surface area contributed by atoms with Crippen molar-refractivity contribution in [1.29, 1.82) is 0 Å². The van der Waals surface area contributed by atoms with Gasteiger partial charge in [0, 0.05) is 34.4 Å². The van der Waals surface area contributed by atoms with E-state index in [2.05, 4.69) is 9.98 Å². The number of rotatable bonds is 3. The van der Waals surface area contributed by atoms with E-state index in [1.54, 1.807) is 11.1 Å². The number of anilines is 1. The Hall–Kier alpha value is -1.05. The zero-order chi connectivity index (χ0) is 12.1. The molecule has 0 radical (unpaired) electrons. The standard InChI is InChI=1S/C11H19N5.HI/c1-15(2)10-6-5-7-13-9(10)8-14-11(12)16(3)4;/h5-7H,8H2,1-4H3,(H2,12,14);1H. The first-order valence-electron chi connectivity index (χ1n) is 5.11. The Bertz CT molecular complexity index is 376. The van der Waals surface area contributed by atoms with Gasteiger partial charge in [-0.2, -0.15) is 0 Å². The second-order valence-corrected chi connectivity index (χ2v) is 3.93. The van der Waals surface area contributed by atoms with Crippen molar-refractivity contribution in [2.45, 2.75) is 6.54 Å². The Morgan fingerprint density at radius 2 is 2.00 bits per heavy atom. The van der Waals surface area contributed by atoms with Crippen molar-refractivity contribution in [2.24, 2.45) is 10.7 Å². The molecule has 0 bridgehead atoms. The van der Waals surface area contributed by atoms with Gasteiger partial charge in [-0.05, 0) is 12.1 Å². The molecule has 2 N–H and O–H groups in total. The fourth-order valence-corrected chi connectivity index (χ4v) is 1.26. The minimum atomic E-state index is 0. The van der Waals surface area contributed by atoms with Crippen LogP contribution >= 0.6 is 24.0 Å². The molecule has 0 atom stereocenters. The Morgan fingerprint density at radius 1 is 1.35 bits per heavy atom. The number of aliphatic imine (C=N–C) groups is 1. The van der Waals surface area contributed by atoms with E-state index < -0.39 is 0 Å². The van der Waals surface area contributed by atoms with Gasteiger partial charge in [0.05, 0.1) is 17.9 Å². The fourth-order valence-electron chi connectivity index (χ4n) is 1.26. The molecule has 5 nitrogen and oxygen atoms in total. The molecule has 17 heavy (non-hydrogen) atoms. The number of aromatic nitrogens is 1. The van der Waals surface area contributed by atoms with Gasteiger partial charge in [-0.3, -0.25) is 4.98 Å². The fraction of sp³-hybridized carbons (Fsp3) is 0.455. The van der Waals surface area contributed by atoms with Crippen LogP contribution in [0.2, 0.25) is 0 Å². The summed E-state index contributed by atoms with van der Waals surface area (Å²) in [5.74, 6) is 0.510. The van der Waals surface area contributed by atoms with Crippen LogP contribution in [0.4, 0.5) is 5.69 Å². The molecule has 0 aliphatic rings. The minimum absolute atomic E-state index is 0. The second-order valence-electron chi connectivity index (χ2n) is 3.93. The van der Waals surface area contributed by atoms with E-state index in [1.165, 1.54) is 0 Å². The lowest BCUT2D eigenvalue weighted by atomic mass is 10.3. The third kappa shape index (κ3) is 4.76. The van der Waals surface area contributed by atoms with Gasteiger partial charge in [0.2, 0.25) is 0 Å². The summed E-state index contributed by atoms with van der Waals surface area (Å²) in [6, 6.07) is 3.93. The molecule has 0 spiro atoms. The highest BCUT2D eigenvalue weighted by Gasteiger charge is 2.04. The van der Waals surface area contributed by atoms with Crippen LogP contribution < -0.4 is 10.6 Å². The van der Waals surface area contributed by atoms with Crippen molar-refractivity contribution >= 4 is 35.6 Å². The van der Waals surface area contributed by atoms with E-state index in [9.17, 15) is 0 Å². The largest absolute Gasteiger partial charge is 0.376 e. The Labute approximate surface area is 120 Å². The highest BCUT2D eigenvalue weighted by molar-refractivity contribution is 14.0. The molecule has 96 valence electrons. The number of hydrogen-bond acceptors (Lipinski definition) is 3. The maximum Gasteiger partial charge on any atom is 0.191 e. The smallest absolute Gasteiger partial charge is 0.191 e. The quantitative estimate of drug-likeness (QED) is 0.505. The average Bonchev–Trinajstić information content (AvgIpc) is 2.25. The maximum atomic E-state index is 5.73. The molecule has 0 amide bonds. The first kappa shape index (κ1) is 16.0. The Morgan fingerprint density at radius 3 is 2.53 bits per heavy atom. The molecular formula is C11H20IN5. The lowest BCUT2D eigenvalue weighted by molar-refractivity contribution is 0.608. The van der Waals surface area contributed by atoms with E-state index >= 15 is 0 Å². The van der Waals surface area contributed by atoms with Crippen LogP contribution in [0.15, 0.2) is 23.3 Å². The molecule has 0 saturated carbocycles. The monoisotopic (exact) mass is 349 g/mol. The normalized spacial score (nSPS) is 10.7. The van der Waals surface area contributed by atoms with Gasteiger partial charge in [0.1, 0.15) is 0 Å². The number of halogens is 1. The van der Waals surface area contributed by atoms with Crippen molar-refractivity contribution in [2.75, 3.05) is 33.1 Å². The van der Waals surface area contributed by atoms with Gasteiger partial charge in [0.25, 0.3) is 0 Å². The van der Waals surface area contributed by atoms with Gasteiger partial charge in [0.15, 0.2) is 5.96 Å². The van der Waals surface area contributed by atoms with Crippen LogP contribution in [0.25, 0.3) is 0 Å². The lowest BCUT2D eigenvalue weighted by Gasteiger charge is -2.16. The van der Waals surface area contributed by atoms with Gasteiger partial charge in [-0.25, -0.2) is 4.99 Å². The van der Waals surface area contributed by atoms with Gasteiger partial charge in [-0.15, -0.1) is 24.0 Å². The first-order valence-corrected chi connectivity index (χ1v) is 5.11. The van der Waals surface area contributed by atoms with Crippen LogP contribution in [-0.4, -0.2) is 44.0 Å². The summed E-state index contributed by atoms with van der Waals surface area (Å²) in [4.78, 5) is 12.4. The summed E-state index contributed by atoms with van der Waals surface area (Å²) >= 11 is 0. The van der Waals surface area contributed by atoms with Gasteiger partial charge in [-0.1, -0.05) is 0 Å². The van der Waals surface area contributed by atoms with Crippen LogP contribution in [0.3, 0.4) is 0 Å². The lowest BCUT2D eigenvalue weighted by Crippen LogP contribution is -2.30. The van der Waals surface area contributed by atoms with Crippen LogP contribution in [0.1, 0.15) is 5.69 Å². The average molecular weight is 349 g/mol. The number of nitrogens with two attached hydrogens (primary N) is 1. The SMILES string of the molecule is CN(C)C(N)=NCc1ncccc1N(C)C.I. The second kappa shape index (κ2) is 7.31. The molecule has 0 saturated heterocycles. The zero-order valence-electron chi connectivity index (χ0n) is 10.7. The predicted molar refractivity (Wildman–Crippen MR) is 83.0 cm³/mol. The van der Waals surface area contributed by atoms with E-state index in [-0.39, 0.29) is 24.0 Å². The minimum Gasteiger partial charge on any atom is -0.376 e. The highest BCUT2D eigenvalue weighted by atomic mass is 127. The summed E-state index contributed by atoms with van der Waals surface area (Å²) in [5, 5.41) is 0. The molecule has 0 aliphatic carbocycles. The van der Waals surface area contributed by atoms with E-state index in [0.717, 1.165) is 11.4 Å². The van der Waals surface area contributed by atoms with Crippen LogP contribution in [0, 0.1) is 0 Å². The number of hydrogen-bond donors (Lipinski definition) is 1. The molecule has 1 rings (SSSR count). The molecule has 0 aliphatic heterocycles. The number of guanidine groups is 1.